The van der Waals surface area contributed by atoms with Gasteiger partial charge in [-0.3, -0.25) is 0 Å². The predicted molar refractivity (Wildman–Crippen MR) is 65.8 cm³/mol. The van der Waals surface area contributed by atoms with Crippen molar-refractivity contribution in [3.8, 4) is 11.3 Å². The van der Waals surface area contributed by atoms with Gasteiger partial charge in [-0.1, -0.05) is 6.07 Å². The Bertz CT molecular complexity index is 698. The minimum absolute atomic E-state index is 0.0872. The summed E-state index contributed by atoms with van der Waals surface area (Å²) in [5.41, 5.74) is -1.74. The van der Waals surface area contributed by atoms with E-state index in [4.69, 9.17) is 9.52 Å². The van der Waals surface area contributed by atoms with Crippen LogP contribution in [0.25, 0.3) is 17.4 Å². The Hall–Kier alpha value is -2.57. The minimum atomic E-state index is -4.81. The van der Waals surface area contributed by atoms with Crippen molar-refractivity contribution in [2.75, 3.05) is 0 Å². The molecule has 0 amide bonds. The van der Waals surface area contributed by atoms with Crippen molar-refractivity contribution in [3.05, 3.63) is 53.5 Å². The molecule has 0 aliphatic heterocycles. The summed E-state index contributed by atoms with van der Waals surface area (Å²) < 4.78 is 56.8. The number of carboxylic acids is 1. The van der Waals surface area contributed by atoms with Crippen molar-refractivity contribution in [2.45, 2.75) is 6.18 Å². The van der Waals surface area contributed by atoms with E-state index in [1.165, 1.54) is 12.1 Å². The molecule has 0 saturated heterocycles. The molecule has 0 saturated carbocycles. The normalized spacial score (nSPS) is 12.0. The molecule has 21 heavy (non-hydrogen) atoms. The van der Waals surface area contributed by atoms with Gasteiger partial charge in [-0.2, -0.15) is 13.2 Å². The second-order valence-electron chi connectivity index (χ2n) is 4.04. The van der Waals surface area contributed by atoms with Gasteiger partial charge in [0.15, 0.2) is 0 Å². The van der Waals surface area contributed by atoms with E-state index in [2.05, 4.69) is 0 Å². The van der Waals surface area contributed by atoms with Gasteiger partial charge in [0, 0.05) is 6.08 Å². The standard InChI is InChI=1S/C14H8F4O3/c15-13-9(2-1-3-10(13)14(16,17)18)11-6-4-8(21-11)5-7-12(19)20/h1-7H,(H,19,20). The first-order chi connectivity index (χ1) is 9.79. The van der Waals surface area contributed by atoms with Crippen molar-refractivity contribution >= 4 is 12.0 Å². The van der Waals surface area contributed by atoms with Gasteiger partial charge in [0.2, 0.25) is 0 Å². The quantitative estimate of drug-likeness (QED) is 0.682. The van der Waals surface area contributed by atoms with E-state index >= 15 is 0 Å². The van der Waals surface area contributed by atoms with Gasteiger partial charge < -0.3 is 9.52 Å². The lowest BCUT2D eigenvalue weighted by Crippen LogP contribution is -2.08. The van der Waals surface area contributed by atoms with Gasteiger partial charge in [0.05, 0.1) is 11.1 Å². The van der Waals surface area contributed by atoms with Crippen LogP contribution >= 0.6 is 0 Å². The van der Waals surface area contributed by atoms with E-state index in [0.717, 1.165) is 24.3 Å². The molecule has 110 valence electrons. The van der Waals surface area contributed by atoms with Crippen LogP contribution in [-0.2, 0) is 11.0 Å². The third kappa shape index (κ3) is 3.31. The van der Waals surface area contributed by atoms with E-state index in [-0.39, 0.29) is 17.1 Å². The summed E-state index contributed by atoms with van der Waals surface area (Å²) in [6.07, 6.45) is -2.90. The van der Waals surface area contributed by atoms with E-state index in [9.17, 15) is 22.4 Å². The lowest BCUT2D eigenvalue weighted by atomic mass is 10.1. The highest BCUT2D eigenvalue weighted by Gasteiger charge is 2.35. The summed E-state index contributed by atoms with van der Waals surface area (Å²) in [6, 6.07) is 5.44. The van der Waals surface area contributed by atoms with Crippen LogP contribution in [0.3, 0.4) is 0 Å². The molecule has 2 aromatic rings. The Kier molecular flexibility index (Phi) is 3.84. The van der Waals surface area contributed by atoms with Crippen molar-refractivity contribution in [2.24, 2.45) is 0 Å². The molecule has 0 bridgehead atoms. The number of hydrogen-bond acceptors (Lipinski definition) is 2. The maximum Gasteiger partial charge on any atom is 0.419 e. The first kappa shape index (κ1) is 14.8. The summed E-state index contributed by atoms with van der Waals surface area (Å²) in [5, 5.41) is 8.46. The lowest BCUT2D eigenvalue weighted by Gasteiger charge is -2.09. The summed E-state index contributed by atoms with van der Waals surface area (Å²) in [5.74, 6) is -2.68. The maximum atomic E-state index is 13.9. The molecule has 0 atom stereocenters. The van der Waals surface area contributed by atoms with Crippen LogP contribution in [0.1, 0.15) is 11.3 Å². The molecule has 1 aromatic carbocycles. The fourth-order valence-electron chi connectivity index (χ4n) is 1.68. The summed E-state index contributed by atoms with van der Waals surface area (Å²) in [7, 11) is 0. The van der Waals surface area contributed by atoms with Crippen LogP contribution in [0.2, 0.25) is 0 Å². The second kappa shape index (κ2) is 5.43. The molecule has 1 heterocycles. The zero-order valence-corrected chi connectivity index (χ0v) is 10.3. The lowest BCUT2D eigenvalue weighted by molar-refractivity contribution is -0.140. The number of carbonyl (C=O) groups is 1. The van der Waals surface area contributed by atoms with Crippen molar-refractivity contribution in [1.29, 1.82) is 0 Å². The SMILES string of the molecule is O=C(O)C=Cc1ccc(-c2cccc(C(F)(F)F)c2F)o1. The van der Waals surface area contributed by atoms with E-state index in [1.54, 1.807) is 0 Å². The van der Waals surface area contributed by atoms with Crippen LogP contribution in [0.15, 0.2) is 40.8 Å². The monoisotopic (exact) mass is 300 g/mol. The number of furan rings is 1. The molecule has 1 N–H and O–H groups in total. The third-order valence-electron chi connectivity index (χ3n) is 2.59. The smallest absolute Gasteiger partial charge is 0.419 e. The predicted octanol–water partition coefficient (Wildman–Crippen LogP) is 4.20. The molecule has 0 aliphatic rings. The number of alkyl halides is 3. The Labute approximate surface area is 116 Å². The summed E-state index contributed by atoms with van der Waals surface area (Å²) >= 11 is 0. The summed E-state index contributed by atoms with van der Waals surface area (Å²) in [4.78, 5) is 10.3. The molecule has 0 aliphatic carbocycles. The van der Waals surface area contributed by atoms with Crippen molar-refractivity contribution < 1.29 is 31.9 Å². The molecule has 0 radical (unpaired) electrons. The number of benzene rings is 1. The number of halogens is 4. The fourth-order valence-corrected chi connectivity index (χ4v) is 1.68. The van der Waals surface area contributed by atoms with Gasteiger partial charge in [0.25, 0.3) is 0 Å². The van der Waals surface area contributed by atoms with E-state index < -0.39 is 23.5 Å². The largest absolute Gasteiger partial charge is 0.478 e. The zero-order valence-electron chi connectivity index (χ0n) is 10.3. The highest BCUT2D eigenvalue weighted by Crippen LogP contribution is 2.35. The minimum Gasteiger partial charge on any atom is -0.478 e. The van der Waals surface area contributed by atoms with Gasteiger partial charge in [-0.25, -0.2) is 9.18 Å². The Morgan fingerprint density at radius 3 is 2.52 bits per heavy atom. The van der Waals surface area contributed by atoms with Gasteiger partial charge >= 0.3 is 12.1 Å². The highest BCUT2D eigenvalue weighted by molar-refractivity contribution is 5.84. The highest BCUT2D eigenvalue weighted by atomic mass is 19.4. The molecule has 0 spiro atoms. The van der Waals surface area contributed by atoms with E-state index in [0.29, 0.717) is 6.07 Å². The Balaban J connectivity index is 2.42. The van der Waals surface area contributed by atoms with Gasteiger partial charge in [0.1, 0.15) is 17.3 Å². The molecule has 0 unspecified atom stereocenters. The van der Waals surface area contributed by atoms with Crippen LogP contribution in [-0.4, -0.2) is 11.1 Å². The van der Waals surface area contributed by atoms with E-state index in [1.807, 2.05) is 0 Å². The molecule has 3 nitrogen and oxygen atoms in total. The third-order valence-corrected chi connectivity index (χ3v) is 2.59. The first-order valence-electron chi connectivity index (χ1n) is 5.66. The van der Waals surface area contributed by atoms with Crippen molar-refractivity contribution in [1.82, 2.24) is 0 Å². The number of carboxylic acid groups (broad SMARTS) is 1. The topological polar surface area (TPSA) is 50.4 Å². The maximum absolute atomic E-state index is 13.9. The van der Waals surface area contributed by atoms with Crippen LogP contribution in [0.4, 0.5) is 17.6 Å². The Morgan fingerprint density at radius 1 is 1.19 bits per heavy atom. The molecular weight excluding hydrogens is 292 g/mol. The average Bonchev–Trinajstić information content (AvgIpc) is 2.83. The first-order valence-corrected chi connectivity index (χ1v) is 5.66. The van der Waals surface area contributed by atoms with Crippen molar-refractivity contribution in [3.63, 3.8) is 0 Å². The zero-order chi connectivity index (χ0) is 15.6. The summed E-state index contributed by atoms with van der Waals surface area (Å²) in [6.45, 7) is 0. The molecule has 2 rings (SSSR count). The van der Waals surface area contributed by atoms with Gasteiger partial charge in [-0.15, -0.1) is 0 Å². The molecule has 0 fully saturated rings. The van der Waals surface area contributed by atoms with Crippen LogP contribution in [0.5, 0.6) is 0 Å². The average molecular weight is 300 g/mol. The number of aliphatic carboxylic acids is 1. The second-order valence-corrected chi connectivity index (χ2v) is 4.04. The van der Waals surface area contributed by atoms with Crippen LogP contribution < -0.4 is 0 Å². The molecule has 1 aromatic heterocycles. The fraction of sp³-hybridized carbons (Fsp3) is 0.0714. The van der Waals surface area contributed by atoms with Gasteiger partial charge in [-0.05, 0) is 30.3 Å². The molecule has 7 heteroatoms. The number of hydrogen-bond donors (Lipinski definition) is 1. The van der Waals surface area contributed by atoms with Crippen LogP contribution in [0, 0.1) is 5.82 Å². The molecular formula is C14H8F4O3. The number of rotatable bonds is 3. The Morgan fingerprint density at radius 2 is 1.90 bits per heavy atom.